The number of nitrogens with one attached hydrogen (secondary N) is 2. The number of imidazole rings is 1. The zero-order valence-corrected chi connectivity index (χ0v) is 7.73. The number of H-pyrrole nitrogens is 2. The van der Waals surface area contributed by atoms with E-state index in [1.807, 2.05) is 0 Å². The van der Waals surface area contributed by atoms with Crippen LogP contribution in [0.15, 0.2) is 28.2 Å². The van der Waals surface area contributed by atoms with E-state index in [-0.39, 0.29) is 17.7 Å². The molecule has 7 nitrogen and oxygen atoms in total. The largest absolute Gasteiger partial charge is 0.405 e. The molecule has 0 aromatic carbocycles. The second-order valence-corrected chi connectivity index (χ2v) is 2.90. The van der Waals surface area contributed by atoms with E-state index in [2.05, 4.69) is 15.0 Å². The zero-order valence-electron chi connectivity index (χ0n) is 7.73. The van der Waals surface area contributed by atoms with Crippen molar-refractivity contribution in [3.05, 3.63) is 39.4 Å². The van der Waals surface area contributed by atoms with E-state index in [9.17, 15) is 9.59 Å². The van der Waals surface area contributed by atoms with Crippen LogP contribution in [-0.4, -0.2) is 19.5 Å². The first-order valence-electron chi connectivity index (χ1n) is 4.27. The third-order valence-electron chi connectivity index (χ3n) is 1.99. The highest BCUT2D eigenvalue weighted by atomic mass is 16.2. The quantitative estimate of drug-likeness (QED) is 0.579. The molecule has 0 bridgehead atoms. The van der Waals surface area contributed by atoms with Crippen LogP contribution in [0.5, 0.6) is 0 Å². The molecule has 0 aliphatic heterocycles. The van der Waals surface area contributed by atoms with Crippen LogP contribution in [-0.2, 0) is 6.54 Å². The van der Waals surface area contributed by atoms with Gasteiger partial charge in [-0.2, -0.15) is 0 Å². The molecule has 0 radical (unpaired) electrons. The van der Waals surface area contributed by atoms with E-state index in [1.54, 1.807) is 0 Å². The van der Waals surface area contributed by atoms with E-state index < -0.39 is 11.2 Å². The van der Waals surface area contributed by atoms with Gasteiger partial charge in [0.1, 0.15) is 5.52 Å². The maximum atomic E-state index is 11.7. The molecule has 0 saturated heterocycles. The lowest BCUT2D eigenvalue weighted by atomic mass is 10.5. The number of nitrogens with two attached hydrogens (primary N) is 1. The number of nitrogens with zero attached hydrogens (tertiary/aromatic N) is 2. The molecule has 0 atom stereocenters. The van der Waals surface area contributed by atoms with Gasteiger partial charge in [0.05, 0.1) is 12.9 Å². The van der Waals surface area contributed by atoms with Gasteiger partial charge in [-0.1, -0.05) is 0 Å². The van der Waals surface area contributed by atoms with Crippen molar-refractivity contribution in [1.29, 1.82) is 0 Å². The normalized spacial score (nSPS) is 11.5. The molecule has 0 fully saturated rings. The van der Waals surface area contributed by atoms with Crippen molar-refractivity contribution < 1.29 is 0 Å². The third-order valence-corrected chi connectivity index (χ3v) is 1.99. The van der Waals surface area contributed by atoms with Gasteiger partial charge in [-0.25, -0.2) is 9.78 Å². The summed E-state index contributed by atoms with van der Waals surface area (Å²) in [6.45, 7) is 0.139. The zero-order chi connectivity index (χ0) is 10.8. The molecule has 78 valence electrons. The Labute approximate surface area is 83.3 Å². The lowest BCUT2D eigenvalue weighted by Gasteiger charge is -1.99. The minimum absolute atomic E-state index is 0.139. The van der Waals surface area contributed by atoms with Crippen LogP contribution in [0.2, 0.25) is 0 Å². The Balaban J connectivity index is 2.73. The Bertz CT molecular complexity index is 618. The highest BCUT2D eigenvalue weighted by molar-refractivity contribution is 5.67. The van der Waals surface area contributed by atoms with E-state index in [4.69, 9.17) is 5.73 Å². The SMILES string of the molecule is NC=CCn1c(=O)[nH]c2nc[nH]c2c1=O. The molecule has 4 N–H and O–H groups in total. The van der Waals surface area contributed by atoms with E-state index in [1.165, 1.54) is 18.6 Å². The van der Waals surface area contributed by atoms with Crippen molar-refractivity contribution in [2.24, 2.45) is 5.73 Å². The van der Waals surface area contributed by atoms with Gasteiger partial charge in [0.15, 0.2) is 5.65 Å². The first kappa shape index (κ1) is 9.25. The van der Waals surface area contributed by atoms with Gasteiger partial charge in [-0.3, -0.25) is 14.3 Å². The molecule has 2 aromatic heterocycles. The predicted octanol–water partition coefficient (Wildman–Crippen LogP) is -1.11. The summed E-state index contributed by atoms with van der Waals surface area (Å²) < 4.78 is 1.03. The molecule has 0 unspecified atom stereocenters. The van der Waals surface area contributed by atoms with Gasteiger partial charge in [-0.05, 0) is 12.3 Å². The van der Waals surface area contributed by atoms with E-state index >= 15 is 0 Å². The minimum Gasteiger partial charge on any atom is -0.405 e. The average Bonchev–Trinajstić information content (AvgIpc) is 2.65. The molecule has 15 heavy (non-hydrogen) atoms. The lowest BCUT2D eigenvalue weighted by molar-refractivity contribution is 0.724. The van der Waals surface area contributed by atoms with Crippen LogP contribution in [0.4, 0.5) is 0 Å². The van der Waals surface area contributed by atoms with Crippen molar-refractivity contribution in [3.8, 4) is 0 Å². The first-order valence-corrected chi connectivity index (χ1v) is 4.27. The van der Waals surface area contributed by atoms with Crippen LogP contribution in [0.25, 0.3) is 11.2 Å². The number of fused-ring (bicyclic) bond motifs is 1. The topological polar surface area (TPSA) is 110 Å². The fourth-order valence-corrected chi connectivity index (χ4v) is 1.28. The number of aromatic amines is 2. The molecule has 7 heteroatoms. The lowest BCUT2D eigenvalue weighted by Crippen LogP contribution is -2.34. The molecule has 2 heterocycles. The van der Waals surface area contributed by atoms with Crippen molar-refractivity contribution in [1.82, 2.24) is 19.5 Å². The van der Waals surface area contributed by atoms with Crippen LogP contribution < -0.4 is 17.0 Å². The molecular formula is C8H9N5O2. The highest BCUT2D eigenvalue weighted by Crippen LogP contribution is 1.94. The van der Waals surface area contributed by atoms with Gasteiger partial charge in [0.2, 0.25) is 0 Å². The number of allylic oxidation sites excluding steroid dienone is 1. The Morgan fingerprint density at radius 1 is 1.53 bits per heavy atom. The summed E-state index contributed by atoms with van der Waals surface area (Å²) in [5.74, 6) is 0. The summed E-state index contributed by atoms with van der Waals surface area (Å²) >= 11 is 0. The van der Waals surface area contributed by atoms with Gasteiger partial charge in [-0.15, -0.1) is 0 Å². The maximum absolute atomic E-state index is 11.7. The number of hydrogen-bond donors (Lipinski definition) is 3. The summed E-state index contributed by atoms with van der Waals surface area (Å²) in [6.07, 6.45) is 4.15. The smallest absolute Gasteiger partial charge is 0.330 e. The van der Waals surface area contributed by atoms with Crippen LogP contribution in [0.1, 0.15) is 0 Å². The fraction of sp³-hybridized carbons (Fsp3) is 0.125. The predicted molar refractivity (Wildman–Crippen MR) is 54.3 cm³/mol. The molecular weight excluding hydrogens is 198 g/mol. The number of hydrogen-bond acceptors (Lipinski definition) is 4. The van der Waals surface area contributed by atoms with E-state index in [0.717, 1.165) is 4.57 Å². The third kappa shape index (κ3) is 1.43. The highest BCUT2D eigenvalue weighted by Gasteiger charge is 2.07. The van der Waals surface area contributed by atoms with Crippen LogP contribution in [0, 0.1) is 0 Å². The molecule has 0 aliphatic rings. The van der Waals surface area contributed by atoms with Gasteiger partial charge in [0.25, 0.3) is 5.56 Å². The summed E-state index contributed by atoms with van der Waals surface area (Å²) in [6, 6.07) is 0. The fourth-order valence-electron chi connectivity index (χ4n) is 1.28. The molecule has 0 amide bonds. The van der Waals surface area contributed by atoms with Gasteiger partial charge in [0, 0.05) is 0 Å². The first-order chi connectivity index (χ1) is 7.24. The Kier molecular flexibility index (Phi) is 2.13. The van der Waals surface area contributed by atoms with Crippen molar-refractivity contribution >= 4 is 11.2 Å². The average molecular weight is 207 g/mol. The standard InChI is InChI=1S/C8H9N5O2/c9-2-1-3-13-7(14)5-6(11-4-10-5)12-8(13)15/h1-2,4H,3,9H2,(H,10,11)(H,12,15). The number of aromatic nitrogens is 4. The summed E-state index contributed by atoms with van der Waals surface area (Å²) in [5, 5.41) is 0. The maximum Gasteiger partial charge on any atom is 0.330 e. The van der Waals surface area contributed by atoms with Crippen molar-refractivity contribution in [3.63, 3.8) is 0 Å². The summed E-state index contributed by atoms with van der Waals surface area (Å²) in [5.41, 5.74) is 4.77. The van der Waals surface area contributed by atoms with E-state index in [0.29, 0.717) is 0 Å². The second kappa shape index (κ2) is 3.45. The minimum atomic E-state index is -0.502. The molecule has 2 aromatic rings. The molecule has 0 saturated carbocycles. The Hall–Kier alpha value is -2.31. The Morgan fingerprint density at radius 2 is 2.33 bits per heavy atom. The van der Waals surface area contributed by atoms with Crippen molar-refractivity contribution in [2.45, 2.75) is 6.54 Å². The molecule has 0 spiro atoms. The van der Waals surface area contributed by atoms with Crippen molar-refractivity contribution in [2.75, 3.05) is 0 Å². The summed E-state index contributed by atoms with van der Waals surface area (Å²) in [4.78, 5) is 32.1. The monoisotopic (exact) mass is 207 g/mol. The second-order valence-electron chi connectivity index (χ2n) is 2.90. The molecule has 0 aliphatic carbocycles. The Morgan fingerprint density at radius 3 is 3.07 bits per heavy atom. The molecule has 2 rings (SSSR count). The van der Waals surface area contributed by atoms with Gasteiger partial charge >= 0.3 is 5.69 Å². The van der Waals surface area contributed by atoms with Crippen LogP contribution in [0.3, 0.4) is 0 Å². The number of rotatable bonds is 2. The van der Waals surface area contributed by atoms with Gasteiger partial charge < -0.3 is 10.7 Å². The van der Waals surface area contributed by atoms with Crippen LogP contribution >= 0.6 is 0 Å². The summed E-state index contributed by atoms with van der Waals surface area (Å²) in [7, 11) is 0.